The van der Waals surface area contributed by atoms with E-state index in [1.807, 2.05) is 0 Å². The Morgan fingerprint density at radius 1 is 0.500 bits per heavy atom. The first-order chi connectivity index (χ1) is 18.9. The maximum absolute atomic E-state index is 9.93. The highest BCUT2D eigenvalue weighted by Gasteiger charge is 2.17. The van der Waals surface area contributed by atoms with Gasteiger partial charge in [-0.1, -0.05) is 142 Å². The molecule has 0 saturated carbocycles. The Kier molecular flexibility index (Phi) is 28.1. The summed E-state index contributed by atoms with van der Waals surface area (Å²) < 4.78 is 0. The van der Waals surface area contributed by atoms with Gasteiger partial charge in [-0.25, -0.2) is 0 Å². The molecule has 5 nitrogen and oxygen atoms in total. The molecule has 228 valence electrons. The average molecular weight is 539 g/mol. The third kappa shape index (κ3) is 23.7. The number of nitrogens with zero attached hydrogens (tertiary/aromatic N) is 1. The number of rotatable bonds is 24. The summed E-state index contributed by atoms with van der Waals surface area (Å²) in [7, 11) is 0. The van der Waals surface area contributed by atoms with Crippen molar-refractivity contribution in [3.05, 3.63) is 0 Å². The standard InChI is InChI=1S/C33H70N4O/c1-2-3-4-5-6-7-8-9-10-11-12-13-14-15-16-17-18-19-20-21-22-23-29-37-30-28-35-25-24-34-26-27-36-31-33(37)32-38/h33-36,38H,2-32H2,1H3. The Morgan fingerprint density at radius 3 is 1.29 bits per heavy atom. The Labute approximate surface area is 239 Å². The molecule has 1 heterocycles. The number of hydrogen-bond donors (Lipinski definition) is 4. The molecule has 0 aromatic carbocycles. The number of unbranched alkanes of at least 4 members (excludes halogenated alkanes) is 21. The number of hydrogen-bond acceptors (Lipinski definition) is 5. The van der Waals surface area contributed by atoms with E-state index in [9.17, 15) is 5.11 Å². The molecule has 0 aliphatic carbocycles. The van der Waals surface area contributed by atoms with Crippen molar-refractivity contribution in [1.82, 2.24) is 20.9 Å². The highest BCUT2D eigenvalue weighted by atomic mass is 16.3. The minimum absolute atomic E-state index is 0.242. The van der Waals surface area contributed by atoms with Crippen LogP contribution in [0.4, 0.5) is 0 Å². The van der Waals surface area contributed by atoms with E-state index in [1.165, 1.54) is 141 Å². The van der Waals surface area contributed by atoms with Crippen molar-refractivity contribution in [2.45, 2.75) is 154 Å². The van der Waals surface area contributed by atoms with Gasteiger partial charge in [0.2, 0.25) is 0 Å². The van der Waals surface area contributed by atoms with Crippen LogP contribution in [0.25, 0.3) is 0 Å². The fourth-order valence-electron chi connectivity index (χ4n) is 5.80. The summed E-state index contributed by atoms with van der Waals surface area (Å²) in [4.78, 5) is 2.51. The molecule has 4 N–H and O–H groups in total. The van der Waals surface area contributed by atoms with Gasteiger partial charge in [0.15, 0.2) is 0 Å². The lowest BCUT2D eigenvalue weighted by molar-refractivity contribution is 0.119. The summed E-state index contributed by atoms with van der Waals surface area (Å²) in [5, 5.41) is 20.4. The van der Waals surface area contributed by atoms with E-state index < -0.39 is 0 Å². The van der Waals surface area contributed by atoms with Crippen LogP contribution in [0.2, 0.25) is 0 Å². The molecule has 0 bridgehead atoms. The van der Waals surface area contributed by atoms with Crippen LogP contribution >= 0.6 is 0 Å². The van der Waals surface area contributed by atoms with Crippen LogP contribution in [0.15, 0.2) is 0 Å². The summed E-state index contributed by atoms with van der Waals surface area (Å²) in [5.74, 6) is 0. The molecule has 0 radical (unpaired) electrons. The fraction of sp³-hybridized carbons (Fsp3) is 1.00. The normalized spacial score (nSPS) is 18.3. The zero-order valence-corrected chi connectivity index (χ0v) is 25.9. The van der Waals surface area contributed by atoms with Crippen molar-refractivity contribution < 1.29 is 5.11 Å². The third-order valence-corrected chi connectivity index (χ3v) is 8.44. The van der Waals surface area contributed by atoms with Crippen LogP contribution in [0.1, 0.15) is 148 Å². The van der Waals surface area contributed by atoms with Gasteiger partial charge in [0, 0.05) is 51.9 Å². The maximum atomic E-state index is 9.93. The molecule has 0 aromatic rings. The summed E-state index contributed by atoms with van der Waals surface area (Å²) in [6.45, 7) is 10.6. The molecule has 0 amide bonds. The van der Waals surface area contributed by atoms with Crippen LogP contribution in [-0.4, -0.2) is 75.0 Å². The van der Waals surface area contributed by atoms with E-state index in [1.54, 1.807) is 0 Å². The van der Waals surface area contributed by atoms with Crippen LogP contribution < -0.4 is 16.0 Å². The maximum Gasteiger partial charge on any atom is 0.0599 e. The van der Waals surface area contributed by atoms with E-state index in [0.717, 1.165) is 52.4 Å². The molecular formula is C33H70N4O. The second-order valence-corrected chi connectivity index (χ2v) is 12.0. The first-order valence-corrected chi connectivity index (χ1v) is 17.4. The summed E-state index contributed by atoms with van der Waals surface area (Å²) in [6, 6.07) is 0.242. The Bertz CT molecular complexity index is 451. The molecule has 1 atom stereocenters. The molecule has 1 aliphatic heterocycles. The Balaban J connectivity index is 1.85. The minimum Gasteiger partial charge on any atom is -0.395 e. The van der Waals surface area contributed by atoms with Crippen molar-refractivity contribution in [1.29, 1.82) is 0 Å². The lowest BCUT2D eigenvalue weighted by Gasteiger charge is -2.31. The molecular weight excluding hydrogens is 468 g/mol. The van der Waals surface area contributed by atoms with Gasteiger partial charge >= 0.3 is 0 Å². The topological polar surface area (TPSA) is 59.6 Å². The quantitative estimate of drug-likeness (QED) is 0.0994. The number of aliphatic hydroxyl groups is 1. The number of aliphatic hydroxyl groups excluding tert-OH is 1. The minimum atomic E-state index is 0.242. The average Bonchev–Trinajstić information content (AvgIpc) is 2.92. The van der Waals surface area contributed by atoms with Gasteiger partial charge < -0.3 is 21.1 Å². The smallest absolute Gasteiger partial charge is 0.0599 e. The predicted octanol–water partition coefficient (Wildman–Crippen LogP) is 7.03. The van der Waals surface area contributed by atoms with E-state index in [-0.39, 0.29) is 12.6 Å². The molecule has 0 aromatic heterocycles. The van der Waals surface area contributed by atoms with Gasteiger partial charge in [-0.15, -0.1) is 0 Å². The van der Waals surface area contributed by atoms with Gasteiger partial charge in [-0.2, -0.15) is 0 Å². The first-order valence-electron chi connectivity index (χ1n) is 17.4. The van der Waals surface area contributed by atoms with Gasteiger partial charge in [0.1, 0.15) is 0 Å². The first kappa shape index (κ1) is 35.8. The van der Waals surface area contributed by atoms with E-state index in [0.29, 0.717) is 0 Å². The Hall–Kier alpha value is -0.200. The lowest BCUT2D eigenvalue weighted by atomic mass is 10.0. The second kappa shape index (κ2) is 29.8. The van der Waals surface area contributed by atoms with Crippen LogP contribution in [0.5, 0.6) is 0 Å². The molecule has 1 saturated heterocycles. The molecule has 38 heavy (non-hydrogen) atoms. The molecule has 0 spiro atoms. The zero-order chi connectivity index (χ0) is 27.2. The van der Waals surface area contributed by atoms with Crippen LogP contribution in [0.3, 0.4) is 0 Å². The van der Waals surface area contributed by atoms with Crippen molar-refractivity contribution >= 4 is 0 Å². The van der Waals surface area contributed by atoms with Gasteiger partial charge in [-0.05, 0) is 13.0 Å². The van der Waals surface area contributed by atoms with Crippen molar-refractivity contribution in [2.24, 2.45) is 0 Å². The molecule has 1 rings (SSSR count). The predicted molar refractivity (Wildman–Crippen MR) is 168 cm³/mol. The monoisotopic (exact) mass is 539 g/mol. The summed E-state index contributed by atoms with van der Waals surface area (Å²) in [6.07, 6.45) is 31.5. The lowest BCUT2D eigenvalue weighted by Crippen LogP contribution is -2.49. The second-order valence-electron chi connectivity index (χ2n) is 12.0. The van der Waals surface area contributed by atoms with Crippen LogP contribution in [-0.2, 0) is 0 Å². The summed E-state index contributed by atoms with van der Waals surface area (Å²) >= 11 is 0. The van der Waals surface area contributed by atoms with E-state index >= 15 is 0 Å². The van der Waals surface area contributed by atoms with E-state index in [2.05, 4.69) is 27.8 Å². The van der Waals surface area contributed by atoms with E-state index in [4.69, 9.17) is 0 Å². The van der Waals surface area contributed by atoms with Crippen molar-refractivity contribution in [2.75, 3.05) is 59.0 Å². The van der Waals surface area contributed by atoms with Gasteiger partial charge in [-0.3, -0.25) is 4.90 Å². The molecule has 1 unspecified atom stereocenters. The zero-order valence-electron chi connectivity index (χ0n) is 25.9. The third-order valence-electron chi connectivity index (χ3n) is 8.44. The molecule has 5 heteroatoms. The highest BCUT2D eigenvalue weighted by molar-refractivity contribution is 4.75. The largest absolute Gasteiger partial charge is 0.395 e. The Morgan fingerprint density at radius 2 is 0.868 bits per heavy atom. The highest BCUT2D eigenvalue weighted by Crippen LogP contribution is 2.15. The van der Waals surface area contributed by atoms with Crippen LogP contribution in [0, 0.1) is 0 Å². The van der Waals surface area contributed by atoms with Gasteiger partial charge in [0.05, 0.1) is 6.61 Å². The fourth-order valence-corrected chi connectivity index (χ4v) is 5.80. The SMILES string of the molecule is CCCCCCCCCCCCCCCCCCCCCCCCN1CCNCCNCCNCC1CO. The molecule has 1 fully saturated rings. The van der Waals surface area contributed by atoms with Crippen molar-refractivity contribution in [3.63, 3.8) is 0 Å². The summed E-state index contributed by atoms with van der Waals surface area (Å²) in [5.41, 5.74) is 0. The molecule has 1 aliphatic rings. The van der Waals surface area contributed by atoms with Gasteiger partial charge in [0.25, 0.3) is 0 Å². The number of nitrogens with one attached hydrogen (secondary N) is 3. The van der Waals surface area contributed by atoms with Crippen molar-refractivity contribution in [3.8, 4) is 0 Å².